The lowest BCUT2D eigenvalue weighted by Gasteiger charge is -2.14. The maximum Gasteiger partial charge on any atom is 0.325 e. The number of benzene rings is 1. The van der Waals surface area contributed by atoms with E-state index in [4.69, 9.17) is 33.7 Å². The van der Waals surface area contributed by atoms with Crippen LogP contribution < -0.4 is 15.8 Å². The summed E-state index contributed by atoms with van der Waals surface area (Å²) in [5.41, 5.74) is 6.91. The van der Waals surface area contributed by atoms with Crippen LogP contribution in [0.25, 0.3) is 22.2 Å². The minimum absolute atomic E-state index is 0.0748. The molecule has 0 atom stereocenters. The summed E-state index contributed by atoms with van der Waals surface area (Å²) < 4.78 is 35.0. The highest BCUT2D eigenvalue weighted by atomic mass is 35.5. The van der Waals surface area contributed by atoms with Crippen LogP contribution in [0.5, 0.6) is 5.75 Å². The van der Waals surface area contributed by atoms with Crippen LogP contribution in [0.2, 0.25) is 10.0 Å². The molecule has 0 saturated carbocycles. The third-order valence-electron chi connectivity index (χ3n) is 4.70. The SMILES string of the molecule is CC(F)(F)CNC(=O)n1cc2nc(N)nc(-c3c(Cl)cc(Cl)cc3OCCn3cccn3)c2c1. The molecule has 0 aliphatic heterocycles. The fourth-order valence-electron chi connectivity index (χ4n) is 3.24. The van der Waals surface area contributed by atoms with E-state index in [-0.39, 0.29) is 17.6 Å². The molecule has 1 aromatic carbocycles. The van der Waals surface area contributed by atoms with Gasteiger partial charge in [0.05, 0.1) is 34.9 Å². The van der Waals surface area contributed by atoms with E-state index in [1.54, 1.807) is 29.2 Å². The second kappa shape index (κ2) is 9.43. The summed E-state index contributed by atoms with van der Waals surface area (Å²) >= 11 is 12.7. The number of ether oxygens (including phenoxy) is 1. The summed E-state index contributed by atoms with van der Waals surface area (Å²) in [7, 11) is 0. The number of aromatic nitrogens is 5. The standard InChI is InChI=1S/C21H19Cl2F2N7O2/c1-21(24,25)11-27-20(33)31-9-13-15(10-31)29-19(26)30-18(13)17-14(23)7-12(22)8-16(17)34-6-5-32-4-2-3-28-32/h2-4,7-10H,5-6,11H2,1H3,(H2,26,29)(H,27,33). The number of halogens is 4. The minimum Gasteiger partial charge on any atom is -0.491 e. The number of nitrogens with two attached hydrogens (primary N) is 1. The first-order chi connectivity index (χ1) is 16.1. The number of nitrogens with zero attached hydrogens (tertiary/aromatic N) is 5. The molecule has 9 nitrogen and oxygen atoms in total. The highest BCUT2D eigenvalue weighted by Gasteiger charge is 2.24. The van der Waals surface area contributed by atoms with Gasteiger partial charge in [-0.2, -0.15) is 5.10 Å². The number of amides is 1. The summed E-state index contributed by atoms with van der Waals surface area (Å²) in [6, 6.07) is 4.14. The number of nitrogen functional groups attached to an aromatic ring is 1. The Morgan fingerprint density at radius 3 is 2.76 bits per heavy atom. The molecular weight excluding hydrogens is 491 g/mol. The molecule has 0 bridgehead atoms. The van der Waals surface area contributed by atoms with Gasteiger partial charge in [-0.3, -0.25) is 9.25 Å². The Hall–Kier alpha value is -3.44. The first-order valence-electron chi connectivity index (χ1n) is 10.0. The topological polar surface area (TPSA) is 113 Å². The Kier molecular flexibility index (Phi) is 6.58. The Morgan fingerprint density at radius 2 is 2.06 bits per heavy atom. The third kappa shape index (κ3) is 5.37. The van der Waals surface area contributed by atoms with Gasteiger partial charge in [-0.15, -0.1) is 0 Å². The number of carbonyl (C=O) groups excluding carboxylic acids is 1. The van der Waals surface area contributed by atoms with Crippen molar-refractivity contribution in [3.8, 4) is 17.0 Å². The van der Waals surface area contributed by atoms with Gasteiger partial charge >= 0.3 is 6.03 Å². The van der Waals surface area contributed by atoms with Gasteiger partial charge in [0.2, 0.25) is 5.95 Å². The largest absolute Gasteiger partial charge is 0.491 e. The van der Waals surface area contributed by atoms with Crippen molar-refractivity contribution in [2.24, 2.45) is 0 Å². The molecule has 0 radical (unpaired) electrons. The van der Waals surface area contributed by atoms with Gasteiger partial charge in [-0.1, -0.05) is 23.2 Å². The molecule has 0 aliphatic carbocycles. The van der Waals surface area contributed by atoms with Crippen LogP contribution >= 0.6 is 23.2 Å². The predicted octanol–water partition coefficient (Wildman–Crippen LogP) is 4.48. The lowest BCUT2D eigenvalue weighted by molar-refractivity contribution is 0.0253. The second-order valence-electron chi connectivity index (χ2n) is 7.50. The average Bonchev–Trinajstić information content (AvgIpc) is 3.40. The second-order valence-corrected chi connectivity index (χ2v) is 8.35. The summed E-state index contributed by atoms with van der Waals surface area (Å²) in [5, 5.41) is 7.28. The number of nitrogens with one attached hydrogen (secondary N) is 1. The fourth-order valence-corrected chi connectivity index (χ4v) is 3.81. The van der Waals surface area contributed by atoms with Crippen molar-refractivity contribution in [2.75, 3.05) is 18.9 Å². The van der Waals surface area contributed by atoms with E-state index in [1.165, 1.54) is 18.5 Å². The molecule has 0 fully saturated rings. The zero-order chi connectivity index (χ0) is 24.5. The maximum atomic E-state index is 13.1. The maximum absolute atomic E-state index is 13.1. The third-order valence-corrected chi connectivity index (χ3v) is 5.22. The number of alkyl halides is 2. The minimum atomic E-state index is -3.06. The van der Waals surface area contributed by atoms with Crippen LogP contribution in [0.1, 0.15) is 6.92 Å². The van der Waals surface area contributed by atoms with Crippen LogP contribution in [0.15, 0.2) is 43.0 Å². The highest BCUT2D eigenvalue weighted by molar-refractivity contribution is 6.37. The normalized spacial score (nSPS) is 11.7. The van der Waals surface area contributed by atoms with Gasteiger partial charge in [0.25, 0.3) is 5.92 Å². The van der Waals surface area contributed by atoms with E-state index in [1.807, 2.05) is 0 Å². The van der Waals surface area contributed by atoms with Gasteiger partial charge in [-0.25, -0.2) is 23.5 Å². The molecule has 0 aliphatic rings. The van der Waals surface area contributed by atoms with Crippen LogP contribution in [-0.4, -0.2) is 49.4 Å². The molecule has 4 aromatic rings. The van der Waals surface area contributed by atoms with Gasteiger partial charge in [0.15, 0.2) is 0 Å². The molecule has 13 heteroatoms. The van der Waals surface area contributed by atoms with Crippen molar-refractivity contribution < 1.29 is 18.3 Å². The number of carbonyl (C=O) groups is 1. The molecule has 0 saturated heterocycles. The molecule has 0 unspecified atom stereocenters. The summed E-state index contributed by atoms with van der Waals surface area (Å²) in [4.78, 5) is 20.8. The van der Waals surface area contributed by atoms with Crippen LogP contribution in [0.3, 0.4) is 0 Å². The molecular formula is C21H19Cl2F2N7O2. The smallest absolute Gasteiger partial charge is 0.325 e. The molecule has 34 heavy (non-hydrogen) atoms. The Morgan fingerprint density at radius 1 is 1.26 bits per heavy atom. The molecule has 4 rings (SSSR count). The van der Waals surface area contributed by atoms with Crippen molar-refractivity contribution in [3.63, 3.8) is 0 Å². The summed E-state index contributed by atoms with van der Waals surface area (Å²) in [5.74, 6) is -2.79. The first kappa shape index (κ1) is 23.7. The quantitative estimate of drug-likeness (QED) is 0.379. The highest BCUT2D eigenvalue weighted by Crippen LogP contribution is 2.41. The van der Waals surface area contributed by atoms with E-state index < -0.39 is 18.5 Å². The molecule has 3 heterocycles. The zero-order valence-electron chi connectivity index (χ0n) is 17.8. The lowest BCUT2D eigenvalue weighted by atomic mass is 10.1. The zero-order valence-corrected chi connectivity index (χ0v) is 19.3. The number of hydrogen-bond donors (Lipinski definition) is 2. The van der Waals surface area contributed by atoms with Crippen LogP contribution in [0, 0.1) is 0 Å². The Labute approximate surface area is 202 Å². The van der Waals surface area contributed by atoms with Crippen LogP contribution in [-0.2, 0) is 6.54 Å². The number of fused-ring (bicyclic) bond motifs is 1. The van der Waals surface area contributed by atoms with E-state index in [0.29, 0.717) is 46.4 Å². The van der Waals surface area contributed by atoms with Crippen molar-refractivity contribution in [1.29, 1.82) is 0 Å². The van der Waals surface area contributed by atoms with Crippen molar-refractivity contribution in [1.82, 2.24) is 29.6 Å². The van der Waals surface area contributed by atoms with Crippen LogP contribution in [0.4, 0.5) is 19.5 Å². The molecule has 3 aromatic heterocycles. The van der Waals surface area contributed by atoms with Gasteiger partial charge in [0, 0.05) is 42.1 Å². The predicted molar refractivity (Wildman–Crippen MR) is 125 cm³/mol. The number of rotatable bonds is 7. The Balaban J connectivity index is 1.72. The van der Waals surface area contributed by atoms with Gasteiger partial charge in [-0.05, 0) is 18.2 Å². The monoisotopic (exact) mass is 509 g/mol. The van der Waals surface area contributed by atoms with Gasteiger partial charge in [0.1, 0.15) is 12.4 Å². The molecule has 1 amide bonds. The van der Waals surface area contributed by atoms with E-state index in [2.05, 4.69) is 20.4 Å². The number of anilines is 1. The summed E-state index contributed by atoms with van der Waals surface area (Å²) in [6.45, 7) is 0.610. The van der Waals surface area contributed by atoms with Gasteiger partial charge < -0.3 is 15.8 Å². The Bertz CT molecular complexity index is 1340. The fraction of sp³-hybridized carbons (Fsp3) is 0.238. The van der Waals surface area contributed by atoms with E-state index >= 15 is 0 Å². The van der Waals surface area contributed by atoms with E-state index in [0.717, 1.165) is 4.57 Å². The van der Waals surface area contributed by atoms with Crippen molar-refractivity contribution in [2.45, 2.75) is 19.4 Å². The average molecular weight is 510 g/mol. The molecule has 3 N–H and O–H groups in total. The van der Waals surface area contributed by atoms with Crippen molar-refractivity contribution in [3.05, 3.63) is 53.0 Å². The lowest BCUT2D eigenvalue weighted by Crippen LogP contribution is -2.36. The van der Waals surface area contributed by atoms with Crippen molar-refractivity contribution >= 4 is 46.1 Å². The summed E-state index contributed by atoms with van der Waals surface area (Å²) in [6.07, 6.45) is 6.23. The molecule has 178 valence electrons. The first-order valence-corrected chi connectivity index (χ1v) is 10.8. The number of hydrogen-bond acceptors (Lipinski definition) is 6. The van der Waals surface area contributed by atoms with E-state index in [9.17, 15) is 13.6 Å². The molecule has 0 spiro atoms.